The lowest BCUT2D eigenvalue weighted by molar-refractivity contribution is -0.126. The molecule has 1 aromatic carbocycles. The number of rotatable bonds is 5. The number of amides is 1. The van der Waals surface area contributed by atoms with Gasteiger partial charge in [-0.25, -0.2) is 0 Å². The van der Waals surface area contributed by atoms with Gasteiger partial charge in [-0.3, -0.25) is 9.69 Å². The van der Waals surface area contributed by atoms with Crippen molar-refractivity contribution in [3.63, 3.8) is 0 Å². The fourth-order valence-electron chi connectivity index (χ4n) is 3.83. The van der Waals surface area contributed by atoms with Crippen molar-refractivity contribution < 1.29 is 9.53 Å². The number of morpholine rings is 1. The van der Waals surface area contributed by atoms with Gasteiger partial charge in [0.15, 0.2) is 0 Å². The van der Waals surface area contributed by atoms with E-state index in [9.17, 15) is 4.79 Å². The third kappa shape index (κ3) is 6.23. The maximum Gasteiger partial charge on any atom is 0.223 e. The van der Waals surface area contributed by atoms with Gasteiger partial charge in [-0.1, -0.05) is 24.3 Å². The highest BCUT2D eigenvalue weighted by molar-refractivity contribution is 5.85. The fraction of sp³-hybridized carbons (Fsp3) is 0.650. The van der Waals surface area contributed by atoms with Crippen LogP contribution in [0.1, 0.15) is 37.8 Å². The molecule has 0 spiro atoms. The highest BCUT2D eigenvalue weighted by Crippen LogP contribution is 2.17. The van der Waals surface area contributed by atoms with E-state index in [0.717, 1.165) is 45.6 Å². The molecule has 1 amide bonds. The number of piperidine rings is 1. The van der Waals surface area contributed by atoms with Crippen molar-refractivity contribution in [2.45, 2.75) is 51.9 Å². The lowest BCUT2D eigenvalue weighted by atomic mass is 9.92. The monoisotopic (exact) mass is 381 g/mol. The van der Waals surface area contributed by atoms with Crippen LogP contribution in [-0.4, -0.2) is 49.2 Å². The summed E-state index contributed by atoms with van der Waals surface area (Å²) < 4.78 is 5.61. The minimum Gasteiger partial charge on any atom is -0.376 e. The molecular formula is C20H32ClN3O2. The van der Waals surface area contributed by atoms with Crippen molar-refractivity contribution in [2.24, 2.45) is 5.92 Å². The zero-order chi connectivity index (χ0) is 17.6. The molecule has 2 saturated heterocycles. The van der Waals surface area contributed by atoms with Gasteiger partial charge in [0.05, 0.1) is 12.7 Å². The van der Waals surface area contributed by atoms with Crippen LogP contribution in [0, 0.1) is 5.92 Å². The van der Waals surface area contributed by atoms with Gasteiger partial charge in [0, 0.05) is 38.1 Å². The summed E-state index contributed by atoms with van der Waals surface area (Å²) in [5, 5.41) is 6.52. The van der Waals surface area contributed by atoms with Gasteiger partial charge in [0.25, 0.3) is 0 Å². The minimum absolute atomic E-state index is 0. The zero-order valence-electron chi connectivity index (χ0n) is 15.9. The van der Waals surface area contributed by atoms with Crippen molar-refractivity contribution in [1.29, 1.82) is 0 Å². The number of carbonyl (C=O) groups excluding carboxylic acids is 1. The summed E-state index contributed by atoms with van der Waals surface area (Å²) in [6.07, 6.45) is 2.18. The van der Waals surface area contributed by atoms with Crippen LogP contribution in [0.4, 0.5) is 0 Å². The number of hydrogen-bond acceptors (Lipinski definition) is 4. The lowest BCUT2D eigenvalue weighted by Gasteiger charge is -2.31. The van der Waals surface area contributed by atoms with E-state index < -0.39 is 0 Å². The summed E-state index contributed by atoms with van der Waals surface area (Å²) in [5.74, 6) is 0.343. The molecule has 1 unspecified atom stereocenters. The van der Waals surface area contributed by atoms with Gasteiger partial charge >= 0.3 is 0 Å². The number of halogens is 1. The third-order valence-electron chi connectivity index (χ3n) is 5.18. The smallest absolute Gasteiger partial charge is 0.223 e. The molecule has 3 rings (SSSR count). The SMILES string of the molecule is CC1CN(Cc2cccc(CNC(=O)[C@H]3CCN[C@@H](C)C3)c2)CCO1.Cl. The molecule has 2 heterocycles. The van der Waals surface area contributed by atoms with Gasteiger partial charge in [-0.15, -0.1) is 12.4 Å². The number of ether oxygens (including phenoxy) is 1. The molecule has 1 aromatic rings. The predicted molar refractivity (Wildman–Crippen MR) is 106 cm³/mol. The molecule has 2 fully saturated rings. The largest absolute Gasteiger partial charge is 0.376 e. The van der Waals surface area contributed by atoms with Crippen LogP contribution in [0.3, 0.4) is 0 Å². The predicted octanol–water partition coefficient (Wildman–Crippen LogP) is 2.33. The van der Waals surface area contributed by atoms with E-state index >= 15 is 0 Å². The zero-order valence-corrected chi connectivity index (χ0v) is 16.7. The molecule has 5 nitrogen and oxygen atoms in total. The Hall–Kier alpha value is -1.14. The number of benzene rings is 1. The van der Waals surface area contributed by atoms with E-state index in [4.69, 9.17) is 4.74 Å². The Kier molecular flexibility index (Phi) is 8.35. The summed E-state index contributed by atoms with van der Waals surface area (Å²) in [5.41, 5.74) is 2.48. The topological polar surface area (TPSA) is 53.6 Å². The highest BCUT2D eigenvalue weighted by Gasteiger charge is 2.24. The second kappa shape index (κ2) is 10.3. The first kappa shape index (κ1) is 21.2. The van der Waals surface area contributed by atoms with Gasteiger partial charge in [-0.05, 0) is 44.4 Å². The maximum absolute atomic E-state index is 12.4. The molecule has 2 N–H and O–H groups in total. The van der Waals surface area contributed by atoms with Crippen LogP contribution in [-0.2, 0) is 22.6 Å². The first-order valence-electron chi connectivity index (χ1n) is 9.53. The Morgan fingerprint density at radius 2 is 2.15 bits per heavy atom. The summed E-state index contributed by atoms with van der Waals surface area (Å²) >= 11 is 0. The van der Waals surface area contributed by atoms with E-state index in [1.165, 1.54) is 11.1 Å². The molecule has 2 aliphatic heterocycles. The first-order chi connectivity index (χ1) is 12.1. The van der Waals surface area contributed by atoms with Crippen LogP contribution in [0.15, 0.2) is 24.3 Å². The second-order valence-corrected chi connectivity index (χ2v) is 7.53. The molecule has 146 valence electrons. The summed E-state index contributed by atoms with van der Waals surface area (Å²) in [4.78, 5) is 14.8. The van der Waals surface area contributed by atoms with Crippen molar-refractivity contribution in [3.05, 3.63) is 35.4 Å². The van der Waals surface area contributed by atoms with Crippen molar-refractivity contribution in [3.8, 4) is 0 Å². The van der Waals surface area contributed by atoms with E-state index in [2.05, 4.69) is 53.6 Å². The van der Waals surface area contributed by atoms with E-state index in [-0.39, 0.29) is 24.2 Å². The molecule has 2 aliphatic rings. The Bertz CT molecular complexity index is 584. The van der Waals surface area contributed by atoms with E-state index in [0.29, 0.717) is 18.7 Å². The maximum atomic E-state index is 12.4. The molecule has 0 bridgehead atoms. The fourth-order valence-corrected chi connectivity index (χ4v) is 3.83. The molecule has 26 heavy (non-hydrogen) atoms. The van der Waals surface area contributed by atoms with Gasteiger partial charge in [0.2, 0.25) is 5.91 Å². The Balaban J connectivity index is 0.00000243. The molecular weight excluding hydrogens is 350 g/mol. The Labute approximate surface area is 163 Å². The summed E-state index contributed by atoms with van der Waals surface area (Å²) in [6, 6.07) is 9.00. The molecule has 0 saturated carbocycles. The highest BCUT2D eigenvalue weighted by atomic mass is 35.5. The van der Waals surface area contributed by atoms with Crippen molar-refractivity contribution >= 4 is 18.3 Å². The average molecular weight is 382 g/mol. The molecule has 6 heteroatoms. The van der Waals surface area contributed by atoms with Crippen molar-refractivity contribution in [2.75, 3.05) is 26.2 Å². The number of hydrogen-bond donors (Lipinski definition) is 2. The van der Waals surface area contributed by atoms with Gasteiger partial charge < -0.3 is 15.4 Å². The molecule has 0 aromatic heterocycles. The third-order valence-corrected chi connectivity index (χ3v) is 5.18. The Morgan fingerprint density at radius 3 is 2.92 bits per heavy atom. The quantitative estimate of drug-likeness (QED) is 0.822. The van der Waals surface area contributed by atoms with Gasteiger partial charge in [-0.2, -0.15) is 0 Å². The number of nitrogens with one attached hydrogen (secondary N) is 2. The first-order valence-corrected chi connectivity index (χ1v) is 9.53. The molecule has 3 atom stereocenters. The van der Waals surface area contributed by atoms with Crippen LogP contribution in [0.25, 0.3) is 0 Å². The van der Waals surface area contributed by atoms with Crippen molar-refractivity contribution in [1.82, 2.24) is 15.5 Å². The summed E-state index contributed by atoms with van der Waals surface area (Å²) in [7, 11) is 0. The number of nitrogens with zero attached hydrogens (tertiary/aromatic N) is 1. The van der Waals surface area contributed by atoms with Gasteiger partial charge in [0.1, 0.15) is 0 Å². The normalized spacial score (nSPS) is 26.8. The Morgan fingerprint density at radius 1 is 1.35 bits per heavy atom. The summed E-state index contributed by atoms with van der Waals surface area (Å²) in [6.45, 7) is 9.55. The second-order valence-electron chi connectivity index (χ2n) is 7.53. The standard InChI is InChI=1S/C20H31N3O2.ClH/c1-15-10-19(6-7-21-15)20(24)22-12-17-4-3-5-18(11-17)14-23-8-9-25-16(2)13-23;/h3-5,11,15-16,19,21H,6-10,12-14H2,1-2H3,(H,22,24);1H/t15-,16?,19-;/m0./s1. The molecule has 0 radical (unpaired) electrons. The van der Waals surface area contributed by atoms with Crippen LogP contribution >= 0.6 is 12.4 Å². The van der Waals surface area contributed by atoms with Crippen LogP contribution in [0.5, 0.6) is 0 Å². The van der Waals surface area contributed by atoms with E-state index in [1.807, 2.05) is 0 Å². The van der Waals surface area contributed by atoms with Crippen LogP contribution in [0.2, 0.25) is 0 Å². The van der Waals surface area contributed by atoms with E-state index in [1.54, 1.807) is 0 Å². The average Bonchev–Trinajstić information content (AvgIpc) is 2.60. The lowest BCUT2D eigenvalue weighted by Crippen LogP contribution is -2.42. The molecule has 0 aliphatic carbocycles. The minimum atomic E-state index is 0. The van der Waals surface area contributed by atoms with Crippen LogP contribution < -0.4 is 10.6 Å². The number of carbonyl (C=O) groups is 1.